The molecule has 0 saturated carbocycles. The molecule has 22 heavy (non-hydrogen) atoms. The summed E-state index contributed by atoms with van der Waals surface area (Å²) in [6.45, 7) is 14.2. The van der Waals surface area contributed by atoms with Crippen molar-refractivity contribution in [3.05, 3.63) is 0 Å². The fourth-order valence-corrected chi connectivity index (χ4v) is 2.85. The largest absolute Gasteiger partial charge is 0.357 e. The summed E-state index contributed by atoms with van der Waals surface area (Å²) in [5.41, 5.74) is 0. The van der Waals surface area contributed by atoms with Crippen LogP contribution < -0.4 is 10.6 Å². The van der Waals surface area contributed by atoms with Gasteiger partial charge in [-0.05, 0) is 59.8 Å². The van der Waals surface area contributed by atoms with E-state index in [0.29, 0.717) is 0 Å². The highest BCUT2D eigenvalue weighted by Gasteiger charge is 2.17. The minimum atomic E-state index is 0.200. The maximum absolute atomic E-state index is 4.72. The van der Waals surface area contributed by atoms with Gasteiger partial charge in [0, 0.05) is 30.4 Å². The van der Waals surface area contributed by atoms with Crippen molar-refractivity contribution in [2.24, 2.45) is 4.99 Å². The van der Waals surface area contributed by atoms with Gasteiger partial charge in [0.15, 0.2) is 5.96 Å². The van der Waals surface area contributed by atoms with Crippen molar-refractivity contribution in [1.29, 1.82) is 0 Å². The highest BCUT2D eigenvalue weighted by molar-refractivity contribution is 7.99. The van der Waals surface area contributed by atoms with Crippen molar-refractivity contribution in [3.8, 4) is 0 Å². The molecule has 1 saturated heterocycles. The summed E-state index contributed by atoms with van der Waals surface area (Å²) in [6, 6.07) is 0.762. The number of nitrogens with one attached hydrogen (secondary N) is 2. The van der Waals surface area contributed by atoms with Crippen molar-refractivity contribution in [3.63, 3.8) is 0 Å². The number of guanidine groups is 1. The summed E-state index contributed by atoms with van der Waals surface area (Å²) in [7, 11) is 0. The lowest BCUT2D eigenvalue weighted by Gasteiger charge is -2.33. The smallest absolute Gasteiger partial charge is 0.191 e. The number of piperidine rings is 1. The van der Waals surface area contributed by atoms with E-state index in [0.717, 1.165) is 31.6 Å². The summed E-state index contributed by atoms with van der Waals surface area (Å²) in [5, 5.41) is 6.82. The molecular formula is C17H36N4S. The summed E-state index contributed by atoms with van der Waals surface area (Å²) >= 11 is 1.87. The van der Waals surface area contributed by atoms with Crippen molar-refractivity contribution in [2.75, 3.05) is 39.0 Å². The Morgan fingerprint density at radius 1 is 1.32 bits per heavy atom. The molecule has 0 aromatic carbocycles. The fraction of sp³-hybridized carbons (Fsp3) is 0.941. The van der Waals surface area contributed by atoms with Gasteiger partial charge in [-0.15, -0.1) is 0 Å². The summed E-state index contributed by atoms with van der Waals surface area (Å²) in [6.07, 6.45) is 7.46. The lowest BCUT2D eigenvalue weighted by atomic mass is 10.0. The molecule has 0 spiro atoms. The van der Waals surface area contributed by atoms with Crippen LogP contribution in [0.25, 0.3) is 0 Å². The first-order valence-corrected chi connectivity index (χ1v) is 10.0. The first-order valence-electron chi connectivity index (χ1n) is 8.80. The van der Waals surface area contributed by atoms with E-state index in [4.69, 9.17) is 4.99 Å². The molecule has 1 fully saturated rings. The zero-order valence-corrected chi connectivity index (χ0v) is 16.1. The number of likely N-dealkylation sites (tertiary alicyclic amines) is 1. The molecule has 5 heteroatoms. The molecule has 0 amide bonds. The second kappa shape index (κ2) is 10.4. The Morgan fingerprint density at radius 3 is 2.73 bits per heavy atom. The molecule has 0 aromatic rings. The number of aliphatic imine (C=N–C) groups is 1. The summed E-state index contributed by atoms with van der Waals surface area (Å²) < 4.78 is 0.200. The molecule has 1 unspecified atom stereocenters. The van der Waals surface area contributed by atoms with Crippen molar-refractivity contribution in [1.82, 2.24) is 15.5 Å². The molecule has 1 rings (SSSR count). The number of thioether (sulfide) groups is 1. The van der Waals surface area contributed by atoms with Crippen LogP contribution in [-0.2, 0) is 0 Å². The van der Waals surface area contributed by atoms with Gasteiger partial charge in [-0.2, -0.15) is 11.8 Å². The number of hydrogen-bond acceptors (Lipinski definition) is 3. The van der Waals surface area contributed by atoms with Crippen LogP contribution >= 0.6 is 11.8 Å². The third-order valence-electron chi connectivity index (χ3n) is 4.37. The lowest BCUT2D eigenvalue weighted by molar-refractivity contribution is 0.159. The average Bonchev–Trinajstić information content (AvgIpc) is 2.50. The van der Waals surface area contributed by atoms with Gasteiger partial charge in [0.2, 0.25) is 0 Å². The maximum Gasteiger partial charge on any atom is 0.191 e. The van der Waals surface area contributed by atoms with Gasteiger partial charge in [0.1, 0.15) is 0 Å². The second-order valence-electron chi connectivity index (χ2n) is 6.82. The van der Waals surface area contributed by atoms with Crippen LogP contribution in [0.2, 0.25) is 0 Å². The summed E-state index contributed by atoms with van der Waals surface area (Å²) in [4.78, 5) is 7.35. The Hall–Kier alpha value is -0.420. The minimum Gasteiger partial charge on any atom is -0.357 e. The number of hydrogen-bond donors (Lipinski definition) is 2. The van der Waals surface area contributed by atoms with Crippen LogP contribution in [0.3, 0.4) is 0 Å². The summed E-state index contributed by atoms with van der Waals surface area (Å²) in [5.74, 6) is 0.955. The first kappa shape index (κ1) is 19.6. The van der Waals surface area contributed by atoms with Crippen LogP contribution in [0.15, 0.2) is 4.99 Å². The van der Waals surface area contributed by atoms with Gasteiger partial charge in [0.25, 0.3) is 0 Å². The van der Waals surface area contributed by atoms with E-state index in [9.17, 15) is 0 Å². The predicted octanol–water partition coefficient (Wildman–Crippen LogP) is 2.95. The Labute approximate surface area is 141 Å². The molecule has 1 atom stereocenters. The van der Waals surface area contributed by atoms with Crippen LogP contribution in [0.1, 0.15) is 53.4 Å². The average molecular weight is 329 g/mol. The maximum atomic E-state index is 4.72. The van der Waals surface area contributed by atoms with E-state index in [-0.39, 0.29) is 4.75 Å². The van der Waals surface area contributed by atoms with Gasteiger partial charge < -0.3 is 15.5 Å². The minimum absolute atomic E-state index is 0.200. The van der Waals surface area contributed by atoms with Gasteiger partial charge >= 0.3 is 0 Å². The first-order chi connectivity index (χ1) is 10.5. The standard InChI is InChI=1S/C17H36N4S/c1-6-18-16(20-14-17(3,4)22-5)19-11-9-13-21-12-8-7-10-15(21)2/h15H,6-14H2,1-5H3,(H2,18,19,20). The van der Waals surface area contributed by atoms with E-state index in [1.807, 2.05) is 11.8 Å². The molecule has 0 radical (unpaired) electrons. The zero-order valence-electron chi connectivity index (χ0n) is 15.2. The van der Waals surface area contributed by atoms with Crippen molar-refractivity contribution >= 4 is 17.7 Å². The Balaban J connectivity index is 2.30. The van der Waals surface area contributed by atoms with Crippen LogP contribution in [-0.4, -0.2) is 60.6 Å². The molecule has 4 nitrogen and oxygen atoms in total. The number of rotatable bonds is 8. The highest BCUT2D eigenvalue weighted by atomic mass is 32.2. The topological polar surface area (TPSA) is 39.7 Å². The highest BCUT2D eigenvalue weighted by Crippen LogP contribution is 2.21. The molecule has 1 heterocycles. The van der Waals surface area contributed by atoms with E-state index >= 15 is 0 Å². The fourth-order valence-electron chi connectivity index (χ4n) is 2.65. The van der Waals surface area contributed by atoms with Crippen molar-refractivity contribution in [2.45, 2.75) is 64.2 Å². The third kappa shape index (κ3) is 7.73. The molecular weight excluding hydrogens is 292 g/mol. The molecule has 1 aliphatic rings. The van der Waals surface area contributed by atoms with E-state index in [1.54, 1.807) is 0 Å². The normalized spacial score (nSPS) is 21.0. The van der Waals surface area contributed by atoms with E-state index < -0.39 is 0 Å². The van der Waals surface area contributed by atoms with Crippen molar-refractivity contribution < 1.29 is 0 Å². The molecule has 0 bridgehead atoms. The van der Waals surface area contributed by atoms with Crippen LogP contribution in [0.4, 0.5) is 0 Å². The monoisotopic (exact) mass is 328 g/mol. The Morgan fingerprint density at radius 2 is 2.09 bits per heavy atom. The van der Waals surface area contributed by atoms with E-state index in [2.05, 4.69) is 49.5 Å². The zero-order chi connectivity index (χ0) is 16.4. The van der Waals surface area contributed by atoms with Gasteiger partial charge in [-0.25, -0.2) is 0 Å². The second-order valence-corrected chi connectivity index (χ2v) is 8.33. The predicted molar refractivity (Wildman–Crippen MR) is 101 cm³/mol. The quantitative estimate of drug-likeness (QED) is 0.408. The molecule has 2 N–H and O–H groups in total. The molecule has 1 aliphatic heterocycles. The molecule has 130 valence electrons. The van der Waals surface area contributed by atoms with Gasteiger partial charge in [-0.3, -0.25) is 4.99 Å². The van der Waals surface area contributed by atoms with E-state index in [1.165, 1.54) is 38.8 Å². The van der Waals surface area contributed by atoms with Gasteiger partial charge in [-0.1, -0.05) is 6.42 Å². The molecule has 0 aliphatic carbocycles. The Bertz CT molecular complexity index is 331. The Kier molecular flexibility index (Phi) is 9.25. The number of nitrogens with zero attached hydrogens (tertiary/aromatic N) is 2. The molecule has 0 aromatic heterocycles. The van der Waals surface area contributed by atoms with Crippen LogP contribution in [0, 0.1) is 0 Å². The SMILES string of the molecule is CCNC(=NCC(C)(C)SC)NCCCN1CCCCC1C. The lowest BCUT2D eigenvalue weighted by Crippen LogP contribution is -2.41. The third-order valence-corrected chi connectivity index (χ3v) is 5.60. The van der Waals surface area contributed by atoms with Crippen LogP contribution in [0.5, 0.6) is 0 Å². The van der Waals surface area contributed by atoms with Gasteiger partial charge in [0.05, 0.1) is 6.54 Å².